The van der Waals surface area contributed by atoms with Crippen LogP contribution in [-0.4, -0.2) is 30.0 Å². The predicted molar refractivity (Wildman–Crippen MR) is 76.0 cm³/mol. The molecule has 1 saturated heterocycles. The highest BCUT2D eigenvalue weighted by molar-refractivity contribution is 7.99. The summed E-state index contributed by atoms with van der Waals surface area (Å²) in [5.74, 6) is 1.05. The number of ether oxygens (including phenoxy) is 1. The average Bonchev–Trinajstić information content (AvgIpc) is 2.90. The van der Waals surface area contributed by atoms with E-state index in [0.717, 1.165) is 24.6 Å². The Morgan fingerprint density at radius 3 is 3.06 bits per heavy atom. The maximum Gasteiger partial charge on any atom is 0.0669 e. The van der Waals surface area contributed by atoms with Crippen LogP contribution >= 0.6 is 11.8 Å². The summed E-state index contributed by atoms with van der Waals surface area (Å²) in [6.45, 7) is 6.16. The molecule has 1 aliphatic heterocycles. The minimum Gasteiger partial charge on any atom is -0.377 e. The molecule has 0 bridgehead atoms. The second-order valence-electron chi connectivity index (χ2n) is 4.64. The normalized spacial score (nSPS) is 21.1. The molecule has 18 heavy (non-hydrogen) atoms. The molecule has 1 aliphatic rings. The quantitative estimate of drug-likeness (QED) is 0.803. The van der Waals surface area contributed by atoms with Crippen molar-refractivity contribution in [2.45, 2.75) is 43.7 Å². The van der Waals surface area contributed by atoms with Gasteiger partial charge in [-0.2, -0.15) is 0 Å². The summed E-state index contributed by atoms with van der Waals surface area (Å²) in [4.78, 5) is 5.75. The van der Waals surface area contributed by atoms with Crippen molar-refractivity contribution in [3.63, 3.8) is 0 Å². The molecule has 1 N–H and O–H groups in total. The highest BCUT2D eigenvalue weighted by atomic mass is 32.2. The first kappa shape index (κ1) is 13.8. The van der Waals surface area contributed by atoms with Crippen LogP contribution in [0.25, 0.3) is 0 Å². The summed E-state index contributed by atoms with van der Waals surface area (Å²) in [5, 5.41) is 3.37. The molecule has 0 amide bonds. The molecule has 1 aromatic rings. The molecule has 0 saturated carbocycles. The number of hydrogen-bond acceptors (Lipinski definition) is 4. The molecule has 0 radical (unpaired) electrons. The standard InChI is InChI=1S/C14H22N2OS/c1-3-15-11(2)14-7-6-13(9-16-14)18-10-12-5-4-8-17-12/h6-7,9,11-12,15H,3-5,8,10H2,1-2H3. The maximum absolute atomic E-state index is 5.62. The van der Waals surface area contributed by atoms with E-state index in [0.29, 0.717) is 12.1 Å². The van der Waals surface area contributed by atoms with Gasteiger partial charge in [-0.1, -0.05) is 6.92 Å². The van der Waals surface area contributed by atoms with E-state index >= 15 is 0 Å². The SMILES string of the molecule is CCNC(C)c1ccc(SCC2CCCO2)cn1. The van der Waals surface area contributed by atoms with E-state index < -0.39 is 0 Å². The first-order valence-electron chi connectivity index (χ1n) is 6.73. The average molecular weight is 266 g/mol. The van der Waals surface area contributed by atoms with Crippen molar-refractivity contribution in [2.24, 2.45) is 0 Å². The van der Waals surface area contributed by atoms with Gasteiger partial charge in [0.05, 0.1) is 11.8 Å². The van der Waals surface area contributed by atoms with Gasteiger partial charge < -0.3 is 10.1 Å². The van der Waals surface area contributed by atoms with E-state index in [2.05, 4.69) is 36.3 Å². The first-order chi connectivity index (χ1) is 8.79. The number of nitrogens with zero attached hydrogens (tertiary/aromatic N) is 1. The number of hydrogen-bond donors (Lipinski definition) is 1. The number of pyridine rings is 1. The van der Waals surface area contributed by atoms with Crippen molar-refractivity contribution in [3.8, 4) is 0 Å². The maximum atomic E-state index is 5.62. The minimum atomic E-state index is 0.326. The van der Waals surface area contributed by atoms with E-state index in [4.69, 9.17) is 4.74 Å². The fraction of sp³-hybridized carbons (Fsp3) is 0.643. The lowest BCUT2D eigenvalue weighted by atomic mass is 10.2. The van der Waals surface area contributed by atoms with Gasteiger partial charge in [-0.15, -0.1) is 11.8 Å². The van der Waals surface area contributed by atoms with Crippen LogP contribution in [0.5, 0.6) is 0 Å². The van der Waals surface area contributed by atoms with Crippen molar-refractivity contribution in [1.29, 1.82) is 0 Å². The zero-order chi connectivity index (χ0) is 12.8. The van der Waals surface area contributed by atoms with Crippen molar-refractivity contribution in [1.82, 2.24) is 10.3 Å². The van der Waals surface area contributed by atoms with E-state index in [-0.39, 0.29) is 0 Å². The second kappa shape index (κ2) is 7.12. The number of aromatic nitrogens is 1. The van der Waals surface area contributed by atoms with Crippen LogP contribution in [-0.2, 0) is 4.74 Å². The van der Waals surface area contributed by atoms with Gasteiger partial charge in [-0.3, -0.25) is 4.98 Å². The third-order valence-electron chi connectivity index (χ3n) is 3.17. The Kier molecular flexibility index (Phi) is 5.47. The Bertz CT molecular complexity index is 349. The molecule has 2 heterocycles. The predicted octanol–water partition coefficient (Wildman–Crippen LogP) is 3.02. The number of nitrogens with one attached hydrogen (secondary N) is 1. The minimum absolute atomic E-state index is 0.326. The van der Waals surface area contributed by atoms with Gasteiger partial charge in [0.25, 0.3) is 0 Å². The van der Waals surface area contributed by atoms with E-state index in [9.17, 15) is 0 Å². The highest BCUT2D eigenvalue weighted by Gasteiger charge is 2.15. The molecule has 0 aromatic carbocycles. The van der Waals surface area contributed by atoms with Gasteiger partial charge in [0, 0.05) is 29.5 Å². The lowest BCUT2D eigenvalue weighted by Gasteiger charge is -2.12. The topological polar surface area (TPSA) is 34.1 Å². The van der Waals surface area contributed by atoms with Crippen LogP contribution in [0.3, 0.4) is 0 Å². The largest absolute Gasteiger partial charge is 0.377 e. The van der Waals surface area contributed by atoms with Gasteiger partial charge in [0.1, 0.15) is 0 Å². The van der Waals surface area contributed by atoms with Gasteiger partial charge >= 0.3 is 0 Å². The van der Waals surface area contributed by atoms with Crippen LogP contribution in [0, 0.1) is 0 Å². The summed E-state index contributed by atoms with van der Waals surface area (Å²) in [5.41, 5.74) is 1.11. The van der Waals surface area contributed by atoms with E-state index in [1.165, 1.54) is 17.7 Å². The Labute approximate surface area is 114 Å². The van der Waals surface area contributed by atoms with Crippen LogP contribution in [0.1, 0.15) is 38.4 Å². The molecule has 2 rings (SSSR count). The van der Waals surface area contributed by atoms with E-state index in [1.54, 1.807) is 0 Å². The highest BCUT2D eigenvalue weighted by Crippen LogP contribution is 2.24. The zero-order valence-electron chi connectivity index (χ0n) is 11.2. The van der Waals surface area contributed by atoms with Crippen LogP contribution in [0.15, 0.2) is 23.2 Å². The van der Waals surface area contributed by atoms with E-state index in [1.807, 2.05) is 18.0 Å². The Balaban J connectivity index is 1.83. The van der Waals surface area contributed by atoms with Crippen molar-refractivity contribution in [3.05, 3.63) is 24.0 Å². The van der Waals surface area contributed by atoms with Gasteiger partial charge in [-0.05, 0) is 38.4 Å². The molecular weight excluding hydrogens is 244 g/mol. The molecule has 100 valence electrons. The summed E-state index contributed by atoms with van der Waals surface area (Å²) in [6, 6.07) is 4.60. The van der Waals surface area contributed by atoms with Crippen molar-refractivity contribution < 1.29 is 4.74 Å². The molecule has 2 unspecified atom stereocenters. The molecule has 4 heteroatoms. The van der Waals surface area contributed by atoms with Gasteiger partial charge in [-0.25, -0.2) is 0 Å². The van der Waals surface area contributed by atoms with Crippen molar-refractivity contribution in [2.75, 3.05) is 18.9 Å². The number of rotatable bonds is 6. The molecule has 1 aromatic heterocycles. The molecule has 3 nitrogen and oxygen atoms in total. The molecule has 1 fully saturated rings. The first-order valence-corrected chi connectivity index (χ1v) is 7.72. The third-order valence-corrected chi connectivity index (χ3v) is 4.29. The van der Waals surface area contributed by atoms with Crippen LogP contribution < -0.4 is 5.32 Å². The Morgan fingerprint density at radius 2 is 2.44 bits per heavy atom. The fourth-order valence-corrected chi connectivity index (χ4v) is 3.04. The molecule has 2 atom stereocenters. The second-order valence-corrected chi connectivity index (χ2v) is 5.74. The zero-order valence-corrected chi connectivity index (χ0v) is 12.0. The summed E-state index contributed by atoms with van der Waals surface area (Å²) >= 11 is 1.84. The Morgan fingerprint density at radius 1 is 1.56 bits per heavy atom. The van der Waals surface area contributed by atoms with Crippen LogP contribution in [0.4, 0.5) is 0 Å². The van der Waals surface area contributed by atoms with Crippen molar-refractivity contribution >= 4 is 11.8 Å². The fourth-order valence-electron chi connectivity index (χ4n) is 2.11. The van der Waals surface area contributed by atoms with Gasteiger partial charge in [0.15, 0.2) is 0 Å². The smallest absolute Gasteiger partial charge is 0.0669 e. The summed E-state index contributed by atoms with van der Waals surface area (Å²) < 4.78 is 5.62. The summed E-state index contributed by atoms with van der Waals surface area (Å²) in [7, 11) is 0. The summed E-state index contributed by atoms with van der Waals surface area (Å²) in [6.07, 6.45) is 4.83. The Hall–Kier alpha value is -0.580. The van der Waals surface area contributed by atoms with Gasteiger partial charge in [0.2, 0.25) is 0 Å². The lowest BCUT2D eigenvalue weighted by Crippen LogP contribution is -2.18. The molecule has 0 aliphatic carbocycles. The lowest BCUT2D eigenvalue weighted by molar-refractivity contribution is 0.129. The monoisotopic (exact) mass is 266 g/mol. The third kappa shape index (κ3) is 3.97. The molecular formula is C14H22N2OS. The number of thioether (sulfide) groups is 1. The van der Waals surface area contributed by atoms with Crippen LogP contribution in [0.2, 0.25) is 0 Å². The molecule has 0 spiro atoms.